The molecule has 0 aliphatic carbocycles. The highest BCUT2D eigenvalue weighted by Gasteiger charge is 2.19. The lowest BCUT2D eigenvalue weighted by Crippen LogP contribution is -2.13. The molecule has 0 fully saturated rings. The highest BCUT2D eigenvalue weighted by Crippen LogP contribution is 2.25. The van der Waals surface area contributed by atoms with Crippen LogP contribution in [0.1, 0.15) is 89.9 Å². The maximum absolute atomic E-state index is 9.67. The van der Waals surface area contributed by atoms with Crippen molar-refractivity contribution in [3.05, 3.63) is 47.3 Å². The second kappa shape index (κ2) is 8.72. The number of furan rings is 2. The van der Waals surface area contributed by atoms with E-state index in [4.69, 9.17) is 8.83 Å². The molecule has 25 heavy (non-hydrogen) atoms. The maximum atomic E-state index is 9.67. The van der Waals surface area contributed by atoms with Crippen LogP contribution in [-0.2, 0) is 17.6 Å². The summed E-state index contributed by atoms with van der Waals surface area (Å²) >= 11 is 0. The molecule has 0 aromatic carbocycles. The van der Waals surface area contributed by atoms with E-state index in [9.17, 15) is 10.2 Å². The summed E-state index contributed by atoms with van der Waals surface area (Å²) in [5.41, 5.74) is 0.120. The lowest BCUT2D eigenvalue weighted by Gasteiger charge is -2.13. The fourth-order valence-corrected chi connectivity index (χ4v) is 2.16. The third kappa shape index (κ3) is 7.09. The third-order valence-electron chi connectivity index (χ3n) is 4.03. The Morgan fingerprint density at radius 1 is 0.920 bits per heavy atom. The maximum Gasteiger partial charge on any atom is 0.106 e. The molecular formula is C21H34O4. The predicted molar refractivity (Wildman–Crippen MR) is 101 cm³/mol. The largest absolute Gasteiger partial charge is 0.469 e. The van der Waals surface area contributed by atoms with E-state index in [0.717, 1.165) is 35.5 Å². The van der Waals surface area contributed by atoms with Crippen LogP contribution in [-0.4, -0.2) is 10.2 Å². The molecule has 2 heterocycles. The fourth-order valence-electron chi connectivity index (χ4n) is 2.16. The number of aryl methyl sites for hydroxylation is 1. The van der Waals surface area contributed by atoms with Crippen LogP contribution in [0.4, 0.5) is 0 Å². The summed E-state index contributed by atoms with van der Waals surface area (Å²) in [5.74, 6) is 2.27. The molecule has 0 amide bonds. The molecule has 0 unspecified atom stereocenters. The lowest BCUT2D eigenvalue weighted by atomic mass is 10.0. The van der Waals surface area contributed by atoms with Gasteiger partial charge in [0.05, 0.1) is 23.7 Å². The van der Waals surface area contributed by atoms with Crippen molar-refractivity contribution in [1.29, 1.82) is 0 Å². The molecule has 2 aromatic rings. The average molecular weight is 350 g/mol. The first-order valence-corrected chi connectivity index (χ1v) is 9.06. The molecule has 4 nitrogen and oxygen atoms in total. The molecule has 0 saturated carbocycles. The fraction of sp³-hybridized carbons (Fsp3) is 0.619. The quantitative estimate of drug-likeness (QED) is 0.724. The van der Waals surface area contributed by atoms with Gasteiger partial charge in [0, 0.05) is 23.5 Å². The molecule has 4 heteroatoms. The van der Waals surface area contributed by atoms with E-state index in [1.165, 1.54) is 6.42 Å². The van der Waals surface area contributed by atoms with Crippen molar-refractivity contribution in [3.8, 4) is 0 Å². The minimum absolute atomic E-state index is 0.376. The minimum atomic E-state index is -0.795. The van der Waals surface area contributed by atoms with E-state index < -0.39 is 11.2 Å². The summed E-state index contributed by atoms with van der Waals surface area (Å²) < 4.78 is 10.6. The molecule has 0 aliphatic rings. The summed E-state index contributed by atoms with van der Waals surface area (Å²) in [7, 11) is 0. The van der Waals surface area contributed by atoms with Crippen LogP contribution < -0.4 is 0 Å². The van der Waals surface area contributed by atoms with Crippen molar-refractivity contribution >= 4 is 0 Å². The average Bonchev–Trinajstić information content (AvgIpc) is 3.14. The third-order valence-corrected chi connectivity index (χ3v) is 4.03. The van der Waals surface area contributed by atoms with Crippen molar-refractivity contribution < 1.29 is 19.0 Å². The van der Waals surface area contributed by atoms with Crippen molar-refractivity contribution in [2.45, 2.75) is 84.8 Å². The molecule has 0 atom stereocenters. The highest BCUT2D eigenvalue weighted by molar-refractivity contribution is 5.20. The van der Waals surface area contributed by atoms with E-state index in [1.54, 1.807) is 40.2 Å². The van der Waals surface area contributed by atoms with Gasteiger partial charge in [0.2, 0.25) is 0 Å². The van der Waals surface area contributed by atoms with E-state index in [2.05, 4.69) is 20.8 Å². The molecule has 0 bridgehead atoms. The Morgan fingerprint density at radius 2 is 1.44 bits per heavy atom. The van der Waals surface area contributed by atoms with Gasteiger partial charge in [0.15, 0.2) is 0 Å². The summed E-state index contributed by atoms with van der Waals surface area (Å²) in [6.07, 6.45) is 6.53. The topological polar surface area (TPSA) is 66.7 Å². The monoisotopic (exact) mass is 350 g/mol. The molecule has 0 saturated heterocycles. The molecule has 0 aliphatic heterocycles. The Morgan fingerprint density at radius 3 is 1.80 bits per heavy atom. The minimum Gasteiger partial charge on any atom is -0.469 e. The van der Waals surface area contributed by atoms with Crippen LogP contribution in [0, 0.1) is 0 Å². The van der Waals surface area contributed by atoms with Crippen LogP contribution in [0.5, 0.6) is 0 Å². The molecular weight excluding hydrogens is 316 g/mol. The van der Waals surface area contributed by atoms with E-state index in [1.807, 2.05) is 12.1 Å². The predicted octanol–water partition coefficient (Wildman–Crippen LogP) is 5.48. The second-order valence-corrected chi connectivity index (χ2v) is 7.92. The van der Waals surface area contributed by atoms with E-state index in [-0.39, 0.29) is 0 Å². The van der Waals surface area contributed by atoms with Crippen molar-refractivity contribution in [2.24, 2.45) is 0 Å². The molecule has 142 valence electrons. The Kier molecular flexibility index (Phi) is 7.51. The Balaban J connectivity index is 0.000000251. The van der Waals surface area contributed by atoms with Crippen molar-refractivity contribution in [2.75, 3.05) is 0 Å². The first-order valence-electron chi connectivity index (χ1n) is 9.06. The summed E-state index contributed by atoms with van der Waals surface area (Å²) in [6, 6.07) is 3.85. The van der Waals surface area contributed by atoms with Gasteiger partial charge < -0.3 is 19.0 Å². The molecule has 2 N–H and O–H groups in total. The Bertz CT molecular complexity index is 621. The second-order valence-electron chi connectivity index (χ2n) is 7.92. The smallest absolute Gasteiger partial charge is 0.106 e. The highest BCUT2D eigenvalue weighted by atomic mass is 16.3. The van der Waals surface area contributed by atoms with Crippen LogP contribution in [0.15, 0.2) is 33.5 Å². The van der Waals surface area contributed by atoms with Crippen molar-refractivity contribution in [1.82, 2.24) is 0 Å². The van der Waals surface area contributed by atoms with Gasteiger partial charge in [-0.25, -0.2) is 0 Å². The van der Waals surface area contributed by atoms with Crippen LogP contribution in [0.3, 0.4) is 0 Å². The SMILES string of the molecule is CC(C)c1cc(C(C)(C)O)co1.CCCCc1cc(C(C)(C)O)co1. The standard InChI is InChI=1S/C11H18O2.C10H16O2/c1-4-5-6-10-7-9(8-13-10)11(2,3)12;1-7(2)9-5-8(6-12-9)10(3,4)11/h7-8,12H,4-6H2,1-3H3;5-7,11H,1-4H3. The van der Waals surface area contributed by atoms with Gasteiger partial charge in [-0.05, 0) is 46.2 Å². The summed E-state index contributed by atoms with van der Waals surface area (Å²) in [6.45, 7) is 13.3. The Hall–Kier alpha value is -1.52. The van der Waals surface area contributed by atoms with Gasteiger partial charge in [0.1, 0.15) is 11.5 Å². The molecule has 0 spiro atoms. The lowest BCUT2D eigenvalue weighted by molar-refractivity contribution is 0.0773. The summed E-state index contributed by atoms with van der Waals surface area (Å²) in [4.78, 5) is 0. The zero-order chi connectivity index (χ0) is 19.3. The number of hydrogen-bond donors (Lipinski definition) is 2. The number of aliphatic hydroxyl groups is 2. The normalized spacial score (nSPS) is 12.2. The van der Waals surface area contributed by atoms with Crippen LogP contribution in [0.25, 0.3) is 0 Å². The van der Waals surface area contributed by atoms with Gasteiger partial charge in [-0.15, -0.1) is 0 Å². The number of unbranched alkanes of at least 4 members (excludes halogenated alkanes) is 1. The van der Waals surface area contributed by atoms with E-state index in [0.29, 0.717) is 5.92 Å². The van der Waals surface area contributed by atoms with Crippen LogP contribution in [0.2, 0.25) is 0 Å². The van der Waals surface area contributed by atoms with Gasteiger partial charge >= 0.3 is 0 Å². The number of rotatable bonds is 6. The van der Waals surface area contributed by atoms with Gasteiger partial charge in [-0.3, -0.25) is 0 Å². The van der Waals surface area contributed by atoms with Crippen LogP contribution >= 0.6 is 0 Å². The zero-order valence-electron chi connectivity index (χ0n) is 16.7. The van der Waals surface area contributed by atoms with Gasteiger partial charge in [-0.2, -0.15) is 0 Å². The first kappa shape index (κ1) is 21.5. The summed E-state index contributed by atoms with van der Waals surface area (Å²) in [5, 5.41) is 19.3. The van der Waals surface area contributed by atoms with Gasteiger partial charge in [0.25, 0.3) is 0 Å². The Labute approximate surface area is 151 Å². The van der Waals surface area contributed by atoms with Crippen molar-refractivity contribution in [3.63, 3.8) is 0 Å². The zero-order valence-corrected chi connectivity index (χ0v) is 16.7. The van der Waals surface area contributed by atoms with E-state index >= 15 is 0 Å². The first-order chi connectivity index (χ1) is 11.4. The molecule has 0 radical (unpaired) electrons. The molecule has 2 aromatic heterocycles. The van der Waals surface area contributed by atoms with Gasteiger partial charge in [-0.1, -0.05) is 27.2 Å². The molecule has 2 rings (SSSR count). The number of hydrogen-bond acceptors (Lipinski definition) is 4.